The van der Waals surface area contributed by atoms with Crippen molar-refractivity contribution in [3.63, 3.8) is 0 Å². The van der Waals surface area contributed by atoms with Gasteiger partial charge in [-0.3, -0.25) is 9.80 Å². The van der Waals surface area contributed by atoms with Gasteiger partial charge in [-0.05, 0) is 57.0 Å². The van der Waals surface area contributed by atoms with Gasteiger partial charge in [-0.25, -0.2) is 0 Å². The molecule has 1 saturated carbocycles. The van der Waals surface area contributed by atoms with E-state index in [1.807, 2.05) is 0 Å². The molecule has 0 radical (unpaired) electrons. The molecule has 0 spiro atoms. The Balaban J connectivity index is 1.63. The first-order valence-corrected chi connectivity index (χ1v) is 8.74. The Kier molecular flexibility index (Phi) is 4.13. The lowest BCUT2D eigenvalue weighted by atomic mass is 9.87. The summed E-state index contributed by atoms with van der Waals surface area (Å²) in [5, 5.41) is 0. The first kappa shape index (κ1) is 14.8. The van der Waals surface area contributed by atoms with Crippen LogP contribution in [0.25, 0.3) is 0 Å². The SMILES string of the molecule is CC1(C)CCC(CN)(N2CCC(N3CCCCC3)C2)C1. The fourth-order valence-electron chi connectivity index (χ4n) is 4.97. The van der Waals surface area contributed by atoms with Crippen molar-refractivity contribution in [1.82, 2.24) is 9.80 Å². The second-order valence-electron chi connectivity index (χ2n) is 8.25. The zero-order valence-corrected chi connectivity index (χ0v) is 13.5. The van der Waals surface area contributed by atoms with Crippen LogP contribution in [0.2, 0.25) is 0 Å². The molecule has 2 N–H and O–H groups in total. The van der Waals surface area contributed by atoms with Gasteiger partial charge in [-0.1, -0.05) is 20.3 Å². The molecular weight excluding hydrogens is 246 g/mol. The average molecular weight is 279 g/mol. The monoisotopic (exact) mass is 279 g/mol. The molecule has 2 unspecified atom stereocenters. The Hall–Kier alpha value is -0.120. The highest BCUT2D eigenvalue weighted by Gasteiger charge is 2.48. The predicted molar refractivity (Wildman–Crippen MR) is 84.8 cm³/mol. The van der Waals surface area contributed by atoms with Gasteiger partial charge < -0.3 is 5.73 Å². The number of hydrogen-bond acceptors (Lipinski definition) is 3. The van der Waals surface area contributed by atoms with E-state index in [1.54, 1.807) is 0 Å². The normalized spacial score (nSPS) is 39.5. The van der Waals surface area contributed by atoms with Crippen molar-refractivity contribution in [2.24, 2.45) is 11.1 Å². The number of nitrogens with two attached hydrogens (primary N) is 1. The molecule has 2 saturated heterocycles. The van der Waals surface area contributed by atoms with Crippen molar-refractivity contribution in [3.8, 4) is 0 Å². The van der Waals surface area contributed by atoms with Gasteiger partial charge in [0.2, 0.25) is 0 Å². The van der Waals surface area contributed by atoms with Gasteiger partial charge in [0, 0.05) is 31.2 Å². The van der Waals surface area contributed by atoms with Crippen molar-refractivity contribution in [2.75, 3.05) is 32.7 Å². The first-order chi connectivity index (χ1) is 9.55. The van der Waals surface area contributed by atoms with Crippen LogP contribution in [0, 0.1) is 5.41 Å². The van der Waals surface area contributed by atoms with Crippen molar-refractivity contribution >= 4 is 0 Å². The average Bonchev–Trinajstić information content (AvgIpc) is 3.05. The standard InChI is InChI=1S/C17H33N3/c1-16(2)7-8-17(13-16,14-18)20-11-6-15(12-20)19-9-4-3-5-10-19/h15H,3-14,18H2,1-2H3. The molecule has 3 rings (SSSR count). The van der Waals surface area contributed by atoms with Crippen molar-refractivity contribution in [2.45, 2.75) is 70.4 Å². The maximum atomic E-state index is 6.24. The molecule has 3 nitrogen and oxygen atoms in total. The third kappa shape index (κ3) is 2.77. The molecule has 0 bridgehead atoms. The number of rotatable bonds is 3. The maximum absolute atomic E-state index is 6.24. The summed E-state index contributed by atoms with van der Waals surface area (Å²) in [7, 11) is 0. The van der Waals surface area contributed by atoms with Crippen LogP contribution in [0.5, 0.6) is 0 Å². The van der Waals surface area contributed by atoms with Crippen LogP contribution >= 0.6 is 0 Å². The molecule has 2 atom stereocenters. The van der Waals surface area contributed by atoms with Gasteiger partial charge in [0.15, 0.2) is 0 Å². The van der Waals surface area contributed by atoms with E-state index in [0.29, 0.717) is 11.0 Å². The summed E-state index contributed by atoms with van der Waals surface area (Å²) in [6, 6.07) is 0.808. The fraction of sp³-hybridized carbons (Fsp3) is 1.00. The van der Waals surface area contributed by atoms with Crippen LogP contribution in [-0.2, 0) is 0 Å². The third-order valence-electron chi connectivity index (χ3n) is 6.20. The minimum atomic E-state index is 0.314. The molecule has 3 aliphatic rings. The molecule has 3 heteroatoms. The summed E-state index contributed by atoms with van der Waals surface area (Å²) in [5.74, 6) is 0. The second kappa shape index (κ2) is 5.58. The predicted octanol–water partition coefficient (Wildman–Crippen LogP) is 2.45. The van der Waals surface area contributed by atoms with E-state index in [-0.39, 0.29) is 0 Å². The van der Waals surface area contributed by atoms with Gasteiger partial charge in [0.05, 0.1) is 0 Å². The Morgan fingerprint density at radius 3 is 2.40 bits per heavy atom. The van der Waals surface area contributed by atoms with E-state index in [4.69, 9.17) is 5.73 Å². The molecule has 116 valence electrons. The highest BCUT2D eigenvalue weighted by molar-refractivity contribution is 5.05. The molecule has 0 aromatic carbocycles. The minimum absolute atomic E-state index is 0.314. The van der Waals surface area contributed by atoms with E-state index in [0.717, 1.165) is 12.6 Å². The largest absolute Gasteiger partial charge is 0.329 e. The Bertz CT molecular complexity index is 335. The van der Waals surface area contributed by atoms with E-state index in [2.05, 4.69) is 23.6 Å². The molecule has 0 aromatic heterocycles. The quantitative estimate of drug-likeness (QED) is 0.861. The summed E-state index contributed by atoms with van der Waals surface area (Å²) in [6.07, 6.45) is 9.56. The number of nitrogens with zero attached hydrogens (tertiary/aromatic N) is 2. The molecule has 0 aromatic rings. The number of likely N-dealkylation sites (tertiary alicyclic amines) is 2. The summed E-state index contributed by atoms with van der Waals surface area (Å²) >= 11 is 0. The van der Waals surface area contributed by atoms with Crippen molar-refractivity contribution in [3.05, 3.63) is 0 Å². The lowest BCUT2D eigenvalue weighted by Crippen LogP contribution is -2.53. The summed E-state index contributed by atoms with van der Waals surface area (Å²) in [4.78, 5) is 5.52. The lowest BCUT2D eigenvalue weighted by Gasteiger charge is -2.40. The lowest BCUT2D eigenvalue weighted by molar-refractivity contribution is 0.0964. The first-order valence-electron chi connectivity index (χ1n) is 8.74. The topological polar surface area (TPSA) is 32.5 Å². The van der Waals surface area contributed by atoms with Crippen LogP contribution in [0.15, 0.2) is 0 Å². The van der Waals surface area contributed by atoms with Gasteiger partial charge in [0.25, 0.3) is 0 Å². The van der Waals surface area contributed by atoms with Crippen LogP contribution in [-0.4, -0.2) is 54.1 Å². The van der Waals surface area contributed by atoms with Crippen molar-refractivity contribution in [1.29, 1.82) is 0 Å². The van der Waals surface area contributed by atoms with Gasteiger partial charge in [0.1, 0.15) is 0 Å². The fourth-order valence-corrected chi connectivity index (χ4v) is 4.97. The number of hydrogen-bond donors (Lipinski definition) is 1. The molecule has 2 heterocycles. The van der Waals surface area contributed by atoms with E-state index in [1.165, 1.54) is 71.1 Å². The van der Waals surface area contributed by atoms with Crippen LogP contribution in [0.1, 0.15) is 58.8 Å². The molecule has 0 amide bonds. The van der Waals surface area contributed by atoms with Gasteiger partial charge in [-0.15, -0.1) is 0 Å². The Morgan fingerprint density at radius 2 is 1.80 bits per heavy atom. The van der Waals surface area contributed by atoms with E-state index < -0.39 is 0 Å². The zero-order valence-electron chi connectivity index (χ0n) is 13.5. The van der Waals surface area contributed by atoms with Crippen LogP contribution < -0.4 is 5.73 Å². The van der Waals surface area contributed by atoms with Gasteiger partial charge >= 0.3 is 0 Å². The molecular formula is C17H33N3. The molecule has 2 aliphatic heterocycles. The van der Waals surface area contributed by atoms with Crippen LogP contribution in [0.3, 0.4) is 0 Å². The van der Waals surface area contributed by atoms with Crippen LogP contribution in [0.4, 0.5) is 0 Å². The maximum Gasteiger partial charge on any atom is 0.0337 e. The highest BCUT2D eigenvalue weighted by atomic mass is 15.3. The third-order valence-corrected chi connectivity index (χ3v) is 6.20. The molecule has 20 heavy (non-hydrogen) atoms. The van der Waals surface area contributed by atoms with E-state index in [9.17, 15) is 0 Å². The summed E-state index contributed by atoms with van der Waals surface area (Å²) in [6.45, 7) is 10.9. The second-order valence-corrected chi connectivity index (χ2v) is 8.25. The summed E-state index contributed by atoms with van der Waals surface area (Å²) < 4.78 is 0. The Morgan fingerprint density at radius 1 is 1.05 bits per heavy atom. The Labute approximate surface area is 124 Å². The minimum Gasteiger partial charge on any atom is -0.329 e. The summed E-state index contributed by atoms with van der Waals surface area (Å²) in [5.41, 5.74) is 7.04. The zero-order chi connectivity index (χ0) is 14.2. The highest BCUT2D eigenvalue weighted by Crippen LogP contribution is 2.47. The van der Waals surface area contributed by atoms with E-state index >= 15 is 0 Å². The molecule has 1 aliphatic carbocycles. The van der Waals surface area contributed by atoms with Crippen molar-refractivity contribution < 1.29 is 0 Å². The van der Waals surface area contributed by atoms with Gasteiger partial charge in [-0.2, -0.15) is 0 Å². The smallest absolute Gasteiger partial charge is 0.0337 e. The molecule has 3 fully saturated rings. The number of piperidine rings is 1.